The van der Waals surface area contributed by atoms with Crippen molar-refractivity contribution >= 4 is 0 Å². The molecule has 1 saturated heterocycles. The lowest BCUT2D eigenvalue weighted by atomic mass is 10.1. The van der Waals surface area contributed by atoms with E-state index in [1.165, 1.54) is 6.20 Å². The molecule has 2 heterocycles. The average molecular weight is 244 g/mol. The maximum absolute atomic E-state index is 11.5. The lowest BCUT2D eigenvalue weighted by molar-refractivity contribution is -0.0564. The predicted molar refractivity (Wildman–Crippen MR) is 54.3 cm³/mol. The largest absolute Gasteiger partial charge is 0.394 e. The van der Waals surface area contributed by atoms with E-state index in [-0.39, 0.29) is 0 Å². The normalized spacial score (nSPS) is 32.9. The summed E-state index contributed by atoms with van der Waals surface area (Å²) in [4.78, 5) is 25.2. The Morgan fingerprint density at radius 2 is 2.06 bits per heavy atom. The third-order valence-electron chi connectivity index (χ3n) is 2.66. The van der Waals surface area contributed by atoms with Gasteiger partial charge in [0.05, 0.1) is 6.61 Å². The first-order chi connectivity index (χ1) is 8.06. The molecule has 2 rings (SSSR count). The van der Waals surface area contributed by atoms with Crippen LogP contribution in [0.15, 0.2) is 21.9 Å². The van der Waals surface area contributed by atoms with Crippen LogP contribution in [0, 0.1) is 0 Å². The van der Waals surface area contributed by atoms with E-state index in [0.717, 1.165) is 6.07 Å². The van der Waals surface area contributed by atoms with Crippen LogP contribution in [0.4, 0.5) is 0 Å². The van der Waals surface area contributed by atoms with E-state index < -0.39 is 42.4 Å². The molecule has 0 spiro atoms. The molecular weight excluding hydrogens is 232 g/mol. The number of aliphatic hydroxyl groups is 3. The predicted octanol–water partition coefficient (Wildman–Crippen LogP) is -2.85. The minimum atomic E-state index is -1.45. The van der Waals surface area contributed by atoms with Crippen molar-refractivity contribution in [1.29, 1.82) is 0 Å². The SMILES string of the molecule is O=c1cc[nH]c(=O)n1[C@@H]1O[C@H](CO)[C@@H](O)[C@H]1O. The van der Waals surface area contributed by atoms with Crippen molar-refractivity contribution in [3.63, 3.8) is 0 Å². The van der Waals surface area contributed by atoms with Crippen molar-refractivity contribution in [2.45, 2.75) is 24.5 Å². The highest BCUT2D eigenvalue weighted by molar-refractivity contribution is 4.93. The number of H-pyrrole nitrogens is 1. The highest BCUT2D eigenvalue weighted by Crippen LogP contribution is 2.26. The molecule has 0 bridgehead atoms. The fourth-order valence-electron chi connectivity index (χ4n) is 1.77. The van der Waals surface area contributed by atoms with Gasteiger partial charge in [0.15, 0.2) is 6.23 Å². The minimum absolute atomic E-state index is 0.520. The summed E-state index contributed by atoms with van der Waals surface area (Å²) in [6.07, 6.45) is -3.96. The van der Waals surface area contributed by atoms with Crippen molar-refractivity contribution in [1.82, 2.24) is 9.55 Å². The van der Waals surface area contributed by atoms with Crippen LogP contribution in [0.3, 0.4) is 0 Å². The maximum Gasteiger partial charge on any atom is 0.330 e. The number of ether oxygens (including phenoxy) is 1. The number of hydrogen-bond acceptors (Lipinski definition) is 6. The zero-order valence-corrected chi connectivity index (χ0v) is 8.68. The second kappa shape index (κ2) is 4.41. The number of aromatic amines is 1. The lowest BCUT2D eigenvalue weighted by Crippen LogP contribution is -2.42. The summed E-state index contributed by atoms with van der Waals surface area (Å²) >= 11 is 0. The van der Waals surface area contributed by atoms with Crippen LogP contribution in [0.5, 0.6) is 0 Å². The van der Waals surface area contributed by atoms with Gasteiger partial charge in [-0.3, -0.25) is 4.79 Å². The third kappa shape index (κ3) is 1.91. The van der Waals surface area contributed by atoms with E-state index in [0.29, 0.717) is 4.57 Å². The first-order valence-corrected chi connectivity index (χ1v) is 4.99. The molecule has 1 aromatic heterocycles. The highest BCUT2D eigenvalue weighted by Gasteiger charge is 2.44. The van der Waals surface area contributed by atoms with Gasteiger partial charge in [0, 0.05) is 12.3 Å². The quantitative estimate of drug-likeness (QED) is 0.444. The van der Waals surface area contributed by atoms with Crippen molar-refractivity contribution < 1.29 is 20.1 Å². The van der Waals surface area contributed by atoms with Gasteiger partial charge in [-0.15, -0.1) is 0 Å². The topological polar surface area (TPSA) is 125 Å². The van der Waals surface area contributed by atoms with Crippen molar-refractivity contribution in [3.05, 3.63) is 33.1 Å². The van der Waals surface area contributed by atoms with Crippen LogP contribution < -0.4 is 11.2 Å². The fraction of sp³-hybridized carbons (Fsp3) is 0.556. The summed E-state index contributed by atoms with van der Waals surface area (Å²) in [5, 5.41) is 28.1. The van der Waals surface area contributed by atoms with Gasteiger partial charge in [-0.05, 0) is 0 Å². The Morgan fingerprint density at radius 1 is 1.35 bits per heavy atom. The first kappa shape index (κ1) is 12.0. The van der Waals surface area contributed by atoms with Crippen LogP contribution in [0.1, 0.15) is 6.23 Å². The minimum Gasteiger partial charge on any atom is -0.394 e. The molecule has 0 saturated carbocycles. The molecule has 1 aliphatic rings. The second-order valence-corrected chi connectivity index (χ2v) is 3.72. The number of rotatable bonds is 2. The van der Waals surface area contributed by atoms with Gasteiger partial charge in [0.2, 0.25) is 0 Å². The Morgan fingerprint density at radius 3 is 2.59 bits per heavy atom. The summed E-state index contributed by atoms with van der Waals surface area (Å²) in [6.45, 7) is -0.520. The van der Waals surface area contributed by atoms with Crippen molar-refractivity contribution in [2.75, 3.05) is 6.61 Å². The van der Waals surface area contributed by atoms with Gasteiger partial charge < -0.3 is 25.0 Å². The van der Waals surface area contributed by atoms with Gasteiger partial charge in [-0.1, -0.05) is 0 Å². The molecule has 0 unspecified atom stereocenters. The van der Waals surface area contributed by atoms with Gasteiger partial charge in [-0.25, -0.2) is 9.36 Å². The Kier molecular flexibility index (Phi) is 3.11. The lowest BCUT2D eigenvalue weighted by Gasteiger charge is -2.15. The van der Waals surface area contributed by atoms with Crippen LogP contribution in [-0.2, 0) is 4.74 Å². The smallest absolute Gasteiger partial charge is 0.330 e. The molecule has 4 atom stereocenters. The van der Waals surface area contributed by atoms with Crippen LogP contribution in [0.2, 0.25) is 0 Å². The van der Waals surface area contributed by atoms with Crippen LogP contribution in [0.25, 0.3) is 0 Å². The Hall–Kier alpha value is -1.48. The van der Waals surface area contributed by atoms with Gasteiger partial charge in [0.25, 0.3) is 5.56 Å². The average Bonchev–Trinajstić information content (AvgIpc) is 2.57. The van der Waals surface area contributed by atoms with Gasteiger partial charge in [0.1, 0.15) is 18.3 Å². The molecular formula is C9H12N2O6. The summed E-state index contributed by atoms with van der Waals surface area (Å²) in [6, 6.07) is 1.09. The molecule has 94 valence electrons. The number of nitrogens with one attached hydrogen (secondary N) is 1. The van der Waals surface area contributed by atoms with E-state index in [4.69, 9.17) is 9.84 Å². The molecule has 17 heavy (non-hydrogen) atoms. The number of aliphatic hydroxyl groups excluding tert-OH is 3. The van der Waals surface area contributed by atoms with E-state index >= 15 is 0 Å². The zero-order chi connectivity index (χ0) is 12.6. The zero-order valence-electron chi connectivity index (χ0n) is 8.68. The van der Waals surface area contributed by atoms with Gasteiger partial charge >= 0.3 is 5.69 Å². The van der Waals surface area contributed by atoms with E-state index in [2.05, 4.69) is 4.98 Å². The number of aromatic nitrogens is 2. The molecule has 0 amide bonds. The third-order valence-corrected chi connectivity index (χ3v) is 2.66. The van der Waals surface area contributed by atoms with E-state index in [1.807, 2.05) is 0 Å². The molecule has 0 radical (unpaired) electrons. The Bertz CT molecular complexity index is 480. The van der Waals surface area contributed by atoms with Crippen molar-refractivity contribution in [3.8, 4) is 0 Å². The standard InChI is InChI=1S/C9H12N2O6/c12-3-4-6(14)7(15)8(17-4)11-5(13)1-2-10-9(11)16/h1-2,4,6-8,12,14-15H,3H2,(H,10,16)/t4-,6-,7-,8-/m1/s1. The molecule has 8 nitrogen and oxygen atoms in total. The fourth-order valence-corrected chi connectivity index (χ4v) is 1.77. The Labute approximate surface area is 94.7 Å². The molecule has 8 heteroatoms. The molecule has 4 N–H and O–H groups in total. The summed E-state index contributed by atoms with van der Waals surface area (Å²) in [5.41, 5.74) is -1.42. The summed E-state index contributed by atoms with van der Waals surface area (Å²) in [5.74, 6) is 0. The monoisotopic (exact) mass is 244 g/mol. The van der Waals surface area contributed by atoms with Crippen molar-refractivity contribution in [2.24, 2.45) is 0 Å². The molecule has 0 aromatic carbocycles. The van der Waals surface area contributed by atoms with E-state index in [9.17, 15) is 19.8 Å². The molecule has 1 aliphatic heterocycles. The summed E-state index contributed by atoms with van der Waals surface area (Å²) in [7, 11) is 0. The van der Waals surface area contributed by atoms with E-state index in [1.54, 1.807) is 0 Å². The summed E-state index contributed by atoms with van der Waals surface area (Å²) < 4.78 is 5.73. The molecule has 1 fully saturated rings. The Balaban J connectivity index is 2.42. The number of nitrogens with zero attached hydrogens (tertiary/aromatic N) is 1. The molecule has 1 aromatic rings. The first-order valence-electron chi connectivity index (χ1n) is 4.99. The number of hydrogen-bond donors (Lipinski definition) is 4. The molecule has 0 aliphatic carbocycles. The van der Waals surface area contributed by atoms with Crippen LogP contribution >= 0.6 is 0 Å². The van der Waals surface area contributed by atoms with Crippen LogP contribution in [-0.4, -0.2) is 49.8 Å². The van der Waals surface area contributed by atoms with Gasteiger partial charge in [-0.2, -0.15) is 0 Å². The highest BCUT2D eigenvalue weighted by atomic mass is 16.6. The second-order valence-electron chi connectivity index (χ2n) is 3.72. The maximum atomic E-state index is 11.5.